The van der Waals surface area contributed by atoms with E-state index in [0.29, 0.717) is 19.6 Å². The van der Waals surface area contributed by atoms with E-state index in [2.05, 4.69) is 0 Å². The second-order valence-electron chi connectivity index (χ2n) is 2.53. The monoisotopic (exact) mass is 178 g/mol. The van der Waals surface area contributed by atoms with E-state index in [1.807, 2.05) is 6.92 Å². The Labute approximate surface area is 73.1 Å². The molecule has 0 aliphatic rings. The molecule has 0 aromatic carbocycles. The second kappa shape index (κ2) is 7.49. The first-order valence-electron chi connectivity index (χ1n) is 4.15. The fraction of sp³-hybridized carbons (Fsp3) is 1.00. The van der Waals surface area contributed by atoms with Gasteiger partial charge in [-0.05, 0) is 13.3 Å². The topological polar surface area (TPSA) is 58.9 Å². The van der Waals surface area contributed by atoms with E-state index in [9.17, 15) is 5.11 Å². The Morgan fingerprint density at radius 1 is 1.42 bits per heavy atom. The summed E-state index contributed by atoms with van der Waals surface area (Å²) in [5.74, 6) is 0. The Kier molecular flexibility index (Phi) is 7.39. The van der Waals surface area contributed by atoms with Crippen molar-refractivity contribution in [3.63, 3.8) is 0 Å². The molecule has 4 heteroatoms. The van der Waals surface area contributed by atoms with Crippen molar-refractivity contribution in [3.05, 3.63) is 0 Å². The molecule has 2 unspecified atom stereocenters. The van der Waals surface area contributed by atoms with Gasteiger partial charge in [0.25, 0.3) is 0 Å². The fourth-order valence-electron chi connectivity index (χ4n) is 0.924. The van der Waals surface area contributed by atoms with Crippen LogP contribution in [0.2, 0.25) is 0 Å². The first kappa shape index (κ1) is 11.8. The third kappa shape index (κ3) is 4.66. The molecule has 0 aromatic heterocycles. The quantitative estimate of drug-likeness (QED) is 0.566. The van der Waals surface area contributed by atoms with Crippen molar-refractivity contribution in [3.8, 4) is 0 Å². The number of ether oxygens (including phenoxy) is 2. The molecular formula is C8H18O4. The number of aliphatic hydroxyl groups excluding tert-OH is 2. The van der Waals surface area contributed by atoms with Crippen molar-refractivity contribution < 1.29 is 19.7 Å². The van der Waals surface area contributed by atoms with Crippen LogP contribution in [0, 0.1) is 0 Å². The van der Waals surface area contributed by atoms with Gasteiger partial charge in [-0.3, -0.25) is 0 Å². The molecule has 0 radical (unpaired) electrons. The first-order chi connectivity index (χ1) is 5.76. The van der Waals surface area contributed by atoms with Crippen molar-refractivity contribution in [1.29, 1.82) is 0 Å². The van der Waals surface area contributed by atoms with Gasteiger partial charge in [-0.2, -0.15) is 0 Å². The normalized spacial score (nSPS) is 16.0. The van der Waals surface area contributed by atoms with Crippen LogP contribution in [0.4, 0.5) is 0 Å². The molecule has 0 saturated heterocycles. The summed E-state index contributed by atoms with van der Waals surface area (Å²) in [7, 11) is 1.57. The molecule has 0 saturated carbocycles. The van der Waals surface area contributed by atoms with E-state index in [1.54, 1.807) is 7.11 Å². The molecule has 0 aliphatic heterocycles. The van der Waals surface area contributed by atoms with E-state index < -0.39 is 12.2 Å². The van der Waals surface area contributed by atoms with Crippen LogP contribution in [0.1, 0.15) is 13.3 Å². The SMILES string of the molecule is CCOC(CO)C(O)CCOC. The zero-order valence-corrected chi connectivity index (χ0v) is 7.69. The lowest BCUT2D eigenvalue weighted by Crippen LogP contribution is -2.33. The van der Waals surface area contributed by atoms with Crippen LogP contribution in [0.25, 0.3) is 0 Å². The standard InChI is InChI=1S/C8H18O4/c1-3-12-8(6-9)7(10)4-5-11-2/h7-10H,3-6H2,1-2H3. The molecule has 0 rings (SSSR count). The van der Waals surface area contributed by atoms with Gasteiger partial charge < -0.3 is 19.7 Å². The summed E-state index contributed by atoms with van der Waals surface area (Å²) in [5, 5.41) is 18.2. The highest BCUT2D eigenvalue weighted by molar-refractivity contribution is 4.67. The number of hydrogen-bond donors (Lipinski definition) is 2. The molecule has 0 aliphatic carbocycles. The number of aliphatic hydroxyl groups is 2. The van der Waals surface area contributed by atoms with Crippen molar-refractivity contribution >= 4 is 0 Å². The summed E-state index contributed by atoms with van der Waals surface area (Å²) >= 11 is 0. The third-order valence-electron chi connectivity index (χ3n) is 1.61. The Bertz CT molecular complexity index is 97.1. The molecule has 74 valence electrons. The largest absolute Gasteiger partial charge is 0.394 e. The number of methoxy groups -OCH3 is 1. The minimum absolute atomic E-state index is 0.154. The lowest BCUT2D eigenvalue weighted by atomic mass is 10.1. The minimum Gasteiger partial charge on any atom is -0.394 e. The van der Waals surface area contributed by atoms with E-state index >= 15 is 0 Å². The summed E-state index contributed by atoms with van der Waals surface area (Å²) in [5.41, 5.74) is 0. The average Bonchev–Trinajstić information content (AvgIpc) is 2.10. The minimum atomic E-state index is -0.644. The van der Waals surface area contributed by atoms with Crippen LogP contribution >= 0.6 is 0 Å². The predicted octanol–water partition coefficient (Wildman–Crippen LogP) is -0.219. The molecule has 0 fully saturated rings. The highest BCUT2D eigenvalue weighted by atomic mass is 16.5. The van der Waals surface area contributed by atoms with Crippen LogP contribution < -0.4 is 0 Å². The van der Waals surface area contributed by atoms with Gasteiger partial charge in [0.05, 0.1) is 12.7 Å². The zero-order chi connectivity index (χ0) is 9.40. The summed E-state index contributed by atoms with van der Waals surface area (Å²) in [6.07, 6.45) is -0.637. The smallest absolute Gasteiger partial charge is 0.106 e. The van der Waals surface area contributed by atoms with E-state index in [4.69, 9.17) is 14.6 Å². The van der Waals surface area contributed by atoms with Crippen LogP contribution in [-0.4, -0.2) is 49.4 Å². The molecule has 4 nitrogen and oxygen atoms in total. The first-order valence-corrected chi connectivity index (χ1v) is 4.15. The van der Waals surface area contributed by atoms with Crippen LogP contribution in [0.15, 0.2) is 0 Å². The molecule has 12 heavy (non-hydrogen) atoms. The van der Waals surface area contributed by atoms with Crippen molar-refractivity contribution in [2.75, 3.05) is 26.9 Å². The van der Waals surface area contributed by atoms with Crippen molar-refractivity contribution in [2.45, 2.75) is 25.6 Å². The molecule has 2 N–H and O–H groups in total. The molecule has 2 atom stereocenters. The highest BCUT2D eigenvalue weighted by Gasteiger charge is 2.17. The van der Waals surface area contributed by atoms with E-state index in [1.165, 1.54) is 0 Å². The summed E-state index contributed by atoms with van der Waals surface area (Å²) < 4.78 is 9.88. The maximum atomic E-state index is 9.41. The van der Waals surface area contributed by atoms with Gasteiger partial charge in [0.2, 0.25) is 0 Å². The molecule has 0 bridgehead atoms. The maximum absolute atomic E-state index is 9.41. The van der Waals surface area contributed by atoms with Gasteiger partial charge >= 0.3 is 0 Å². The van der Waals surface area contributed by atoms with Gasteiger partial charge in [-0.15, -0.1) is 0 Å². The lowest BCUT2D eigenvalue weighted by molar-refractivity contribution is -0.0670. The Morgan fingerprint density at radius 2 is 2.08 bits per heavy atom. The average molecular weight is 178 g/mol. The number of hydrogen-bond acceptors (Lipinski definition) is 4. The van der Waals surface area contributed by atoms with Gasteiger partial charge in [0, 0.05) is 20.3 Å². The second-order valence-corrected chi connectivity index (χ2v) is 2.53. The van der Waals surface area contributed by atoms with Crippen molar-refractivity contribution in [1.82, 2.24) is 0 Å². The van der Waals surface area contributed by atoms with Crippen LogP contribution in [-0.2, 0) is 9.47 Å². The Balaban J connectivity index is 3.60. The zero-order valence-electron chi connectivity index (χ0n) is 7.69. The lowest BCUT2D eigenvalue weighted by Gasteiger charge is -2.20. The summed E-state index contributed by atoms with van der Waals surface area (Å²) in [6.45, 7) is 2.64. The summed E-state index contributed by atoms with van der Waals surface area (Å²) in [6, 6.07) is 0. The van der Waals surface area contributed by atoms with E-state index in [-0.39, 0.29) is 6.61 Å². The van der Waals surface area contributed by atoms with Crippen LogP contribution in [0.5, 0.6) is 0 Å². The highest BCUT2D eigenvalue weighted by Crippen LogP contribution is 2.03. The van der Waals surface area contributed by atoms with Gasteiger partial charge in [-0.25, -0.2) is 0 Å². The predicted molar refractivity (Wildman–Crippen MR) is 45.0 cm³/mol. The molecule has 0 aromatic rings. The third-order valence-corrected chi connectivity index (χ3v) is 1.61. The molecule has 0 spiro atoms. The van der Waals surface area contributed by atoms with Gasteiger partial charge in [-0.1, -0.05) is 0 Å². The number of rotatable bonds is 7. The molecular weight excluding hydrogens is 160 g/mol. The van der Waals surface area contributed by atoms with Gasteiger partial charge in [0.15, 0.2) is 0 Å². The summed E-state index contributed by atoms with van der Waals surface area (Å²) in [4.78, 5) is 0. The maximum Gasteiger partial charge on any atom is 0.106 e. The van der Waals surface area contributed by atoms with Crippen LogP contribution in [0.3, 0.4) is 0 Å². The van der Waals surface area contributed by atoms with E-state index in [0.717, 1.165) is 0 Å². The Morgan fingerprint density at radius 3 is 2.50 bits per heavy atom. The van der Waals surface area contributed by atoms with Gasteiger partial charge in [0.1, 0.15) is 6.10 Å². The fourth-order valence-corrected chi connectivity index (χ4v) is 0.924. The molecule has 0 amide bonds. The van der Waals surface area contributed by atoms with Crippen molar-refractivity contribution in [2.24, 2.45) is 0 Å². The Hall–Kier alpha value is -0.160. The molecule has 0 heterocycles.